The van der Waals surface area contributed by atoms with Gasteiger partial charge in [-0.3, -0.25) is 0 Å². The Morgan fingerprint density at radius 1 is 1.17 bits per heavy atom. The molecule has 0 amide bonds. The van der Waals surface area contributed by atoms with E-state index in [4.69, 9.17) is 9.47 Å². The molecule has 3 aromatic heterocycles. The fourth-order valence-corrected chi connectivity index (χ4v) is 3.95. The second-order valence-corrected chi connectivity index (χ2v) is 9.59. The first-order valence-electron chi connectivity index (χ1n) is 11.4. The minimum Gasteiger partial charge on any atom is -0.468 e. The molecule has 1 aliphatic heterocycles. The van der Waals surface area contributed by atoms with Gasteiger partial charge < -0.3 is 19.9 Å². The van der Waals surface area contributed by atoms with Crippen LogP contribution in [-0.4, -0.2) is 44.4 Å². The van der Waals surface area contributed by atoms with E-state index in [9.17, 15) is 23.1 Å². The van der Waals surface area contributed by atoms with E-state index in [0.717, 1.165) is 0 Å². The van der Waals surface area contributed by atoms with Crippen LogP contribution in [0.2, 0.25) is 0 Å². The molecule has 0 bridgehead atoms. The van der Waals surface area contributed by atoms with Crippen molar-refractivity contribution in [3.05, 3.63) is 47.4 Å². The Labute approximate surface area is 205 Å². The molecule has 0 radical (unpaired) electrons. The van der Waals surface area contributed by atoms with Crippen molar-refractivity contribution < 1.29 is 32.5 Å². The standard InChI is InChI=1S/C25H27F3N4O4/c1-6-24(5,34)17-11-30-21(35-12-25(26,27)28)16-10-29-19(9-15(16)17)31-18-8-7-14-20(32-18)13(2)23(3,4)36-22(14)33/h7-11,13,34H,6,12H2,1-5H3,(H,29,31,32)/t13-,24?/m1/s1. The monoisotopic (exact) mass is 504 g/mol. The van der Waals surface area contributed by atoms with E-state index in [2.05, 4.69) is 20.3 Å². The van der Waals surface area contributed by atoms with Gasteiger partial charge in [0.05, 0.1) is 22.2 Å². The van der Waals surface area contributed by atoms with E-state index >= 15 is 0 Å². The molecule has 2 atom stereocenters. The summed E-state index contributed by atoms with van der Waals surface area (Å²) in [5.41, 5.74) is -0.627. The van der Waals surface area contributed by atoms with Crippen LogP contribution in [0.3, 0.4) is 0 Å². The number of aliphatic hydroxyl groups is 1. The number of aromatic nitrogens is 3. The molecule has 192 valence electrons. The fourth-order valence-electron chi connectivity index (χ4n) is 3.95. The van der Waals surface area contributed by atoms with E-state index in [1.807, 2.05) is 20.8 Å². The van der Waals surface area contributed by atoms with Gasteiger partial charge in [-0.15, -0.1) is 0 Å². The number of nitrogens with one attached hydrogen (secondary N) is 1. The Morgan fingerprint density at radius 3 is 2.56 bits per heavy atom. The lowest BCUT2D eigenvalue weighted by molar-refractivity contribution is -0.153. The number of alkyl halides is 3. The van der Waals surface area contributed by atoms with Gasteiger partial charge in [0.25, 0.3) is 0 Å². The first-order chi connectivity index (χ1) is 16.7. The number of rotatable bonds is 6. The topological polar surface area (TPSA) is 106 Å². The van der Waals surface area contributed by atoms with Crippen LogP contribution in [0.4, 0.5) is 24.8 Å². The zero-order valence-corrected chi connectivity index (χ0v) is 20.5. The molecule has 1 unspecified atom stereocenters. The predicted octanol–water partition coefficient (Wildman–Crippen LogP) is 5.38. The maximum atomic E-state index is 12.7. The van der Waals surface area contributed by atoms with E-state index in [-0.39, 0.29) is 17.2 Å². The molecular formula is C25H27F3N4O4. The van der Waals surface area contributed by atoms with E-state index in [1.165, 1.54) is 12.4 Å². The fraction of sp³-hybridized carbons (Fsp3) is 0.440. The molecule has 0 aliphatic carbocycles. The number of anilines is 2. The largest absolute Gasteiger partial charge is 0.468 e. The van der Waals surface area contributed by atoms with E-state index < -0.39 is 30.0 Å². The number of nitrogens with zero attached hydrogens (tertiary/aromatic N) is 3. The van der Waals surface area contributed by atoms with Crippen LogP contribution >= 0.6 is 0 Å². The number of carbonyl (C=O) groups excluding carboxylic acids is 1. The SMILES string of the molecule is CCC(C)(O)c1cnc(OCC(F)(F)F)c2cnc(Nc3ccc4c(n3)[C@@H](C)C(C)(C)OC4=O)cc12. The summed E-state index contributed by atoms with van der Waals surface area (Å²) in [6, 6.07) is 4.84. The highest BCUT2D eigenvalue weighted by Crippen LogP contribution is 2.39. The maximum absolute atomic E-state index is 12.7. The number of cyclic esters (lactones) is 1. The van der Waals surface area contributed by atoms with Crippen molar-refractivity contribution >= 4 is 28.4 Å². The number of halogens is 3. The van der Waals surface area contributed by atoms with Crippen LogP contribution in [0.5, 0.6) is 5.88 Å². The smallest absolute Gasteiger partial charge is 0.422 e. The lowest BCUT2D eigenvalue weighted by atomic mass is 9.84. The highest BCUT2D eigenvalue weighted by Gasteiger charge is 2.40. The normalized spacial score (nSPS) is 18.8. The molecule has 4 rings (SSSR count). The van der Waals surface area contributed by atoms with Gasteiger partial charge in [-0.05, 0) is 50.8 Å². The highest BCUT2D eigenvalue weighted by molar-refractivity contribution is 5.93. The van der Waals surface area contributed by atoms with Crippen molar-refractivity contribution in [3.63, 3.8) is 0 Å². The third-order valence-corrected chi connectivity index (χ3v) is 6.59. The average molecular weight is 505 g/mol. The number of fused-ring (bicyclic) bond motifs is 2. The Morgan fingerprint density at radius 2 is 1.89 bits per heavy atom. The molecule has 0 fully saturated rings. The average Bonchev–Trinajstić information content (AvgIpc) is 2.80. The Kier molecular flexibility index (Phi) is 6.32. The maximum Gasteiger partial charge on any atom is 0.422 e. The molecule has 4 heterocycles. The minimum atomic E-state index is -4.53. The summed E-state index contributed by atoms with van der Waals surface area (Å²) < 4.78 is 48.6. The van der Waals surface area contributed by atoms with Gasteiger partial charge in [0.2, 0.25) is 5.88 Å². The lowest BCUT2D eigenvalue weighted by Gasteiger charge is -2.36. The van der Waals surface area contributed by atoms with Gasteiger partial charge >= 0.3 is 12.1 Å². The number of hydrogen-bond acceptors (Lipinski definition) is 8. The molecule has 3 aromatic rings. The minimum absolute atomic E-state index is 0.165. The molecule has 2 N–H and O–H groups in total. The Balaban J connectivity index is 1.75. The molecule has 1 aliphatic rings. The number of hydrogen-bond donors (Lipinski definition) is 2. The van der Waals surface area contributed by atoms with Crippen LogP contribution < -0.4 is 10.1 Å². The third kappa shape index (κ3) is 4.92. The summed E-state index contributed by atoms with van der Waals surface area (Å²) in [4.78, 5) is 25.3. The van der Waals surface area contributed by atoms with Gasteiger partial charge in [0.15, 0.2) is 6.61 Å². The molecular weight excluding hydrogens is 477 g/mol. The molecule has 0 saturated heterocycles. The summed E-state index contributed by atoms with van der Waals surface area (Å²) in [6.45, 7) is 7.43. The van der Waals surface area contributed by atoms with Crippen molar-refractivity contribution in [2.45, 2.75) is 64.3 Å². The number of ether oxygens (including phenoxy) is 2. The van der Waals surface area contributed by atoms with Gasteiger partial charge in [0, 0.05) is 23.9 Å². The van der Waals surface area contributed by atoms with Crippen molar-refractivity contribution in [2.75, 3.05) is 11.9 Å². The van der Waals surface area contributed by atoms with Crippen molar-refractivity contribution in [1.29, 1.82) is 0 Å². The Hall–Kier alpha value is -3.47. The molecule has 0 saturated carbocycles. The van der Waals surface area contributed by atoms with Crippen molar-refractivity contribution in [2.24, 2.45) is 0 Å². The molecule has 8 nitrogen and oxygen atoms in total. The predicted molar refractivity (Wildman–Crippen MR) is 126 cm³/mol. The van der Waals surface area contributed by atoms with Gasteiger partial charge in [0.1, 0.15) is 17.2 Å². The summed E-state index contributed by atoms with van der Waals surface area (Å²) in [5.74, 6) is -0.0901. The summed E-state index contributed by atoms with van der Waals surface area (Å²) in [7, 11) is 0. The van der Waals surface area contributed by atoms with Crippen LogP contribution in [0.25, 0.3) is 10.8 Å². The van der Waals surface area contributed by atoms with E-state index in [1.54, 1.807) is 32.0 Å². The van der Waals surface area contributed by atoms with Gasteiger partial charge in [-0.2, -0.15) is 13.2 Å². The lowest BCUT2D eigenvalue weighted by Crippen LogP contribution is -2.39. The second kappa shape index (κ2) is 8.88. The highest BCUT2D eigenvalue weighted by atomic mass is 19.4. The van der Waals surface area contributed by atoms with Gasteiger partial charge in [-0.1, -0.05) is 13.8 Å². The summed E-state index contributed by atoms with van der Waals surface area (Å²) in [5, 5.41) is 14.6. The second-order valence-electron chi connectivity index (χ2n) is 9.59. The van der Waals surface area contributed by atoms with Gasteiger partial charge in [-0.25, -0.2) is 19.7 Å². The quantitative estimate of drug-likeness (QED) is 0.431. The molecule has 36 heavy (non-hydrogen) atoms. The zero-order valence-electron chi connectivity index (χ0n) is 20.5. The van der Waals surface area contributed by atoms with Crippen LogP contribution in [-0.2, 0) is 10.3 Å². The first-order valence-corrected chi connectivity index (χ1v) is 11.4. The van der Waals surface area contributed by atoms with Crippen molar-refractivity contribution in [3.8, 4) is 5.88 Å². The zero-order chi connectivity index (χ0) is 26.5. The van der Waals surface area contributed by atoms with E-state index in [0.29, 0.717) is 40.3 Å². The molecule has 0 spiro atoms. The molecule has 11 heteroatoms. The first kappa shape index (κ1) is 25.6. The summed E-state index contributed by atoms with van der Waals surface area (Å²) in [6.07, 6.45) is -1.54. The Bertz CT molecular complexity index is 1320. The number of pyridine rings is 3. The molecule has 0 aromatic carbocycles. The van der Waals surface area contributed by atoms with Crippen LogP contribution in [0.1, 0.15) is 68.6 Å². The summed E-state index contributed by atoms with van der Waals surface area (Å²) >= 11 is 0. The number of carbonyl (C=O) groups is 1. The van der Waals surface area contributed by atoms with Crippen LogP contribution in [0, 0.1) is 0 Å². The third-order valence-electron chi connectivity index (χ3n) is 6.59. The number of esters is 1. The van der Waals surface area contributed by atoms with Crippen molar-refractivity contribution in [1.82, 2.24) is 15.0 Å². The van der Waals surface area contributed by atoms with Crippen LogP contribution in [0.15, 0.2) is 30.6 Å².